The third-order valence-corrected chi connectivity index (χ3v) is 0.828. The first-order valence-electron chi connectivity index (χ1n) is 2.59. The fourth-order valence-electron chi connectivity index (χ4n) is 0.499. The van der Waals surface area contributed by atoms with E-state index in [9.17, 15) is 0 Å². The Kier molecular flexibility index (Phi) is 1.48. The molecule has 9 heavy (non-hydrogen) atoms. The van der Waals surface area contributed by atoms with Gasteiger partial charge in [-0.25, -0.2) is 0 Å². The van der Waals surface area contributed by atoms with Gasteiger partial charge in [0, 0.05) is 0 Å². The minimum atomic E-state index is 0.558. The molecule has 0 aliphatic carbocycles. The minimum absolute atomic E-state index is 0.558. The van der Waals surface area contributed by atoms with E-state index in [4.69, 9.17) is 0 Å². The highest BCUT2D eigenvalue weighted by molar-refractivity contribution is 5.25. The lowest BCUT2D eigenvalue weighted by Crippen LogP contribution is -1.87. The third kappa shape index (κ3) is 1.28. The number of rotatable bonds is 2. The summed E-state index contributed by atoms with van der Waals surface area (Å²) in [5.74, 6) is 1.35. The lowest BCUT2D eigenvalue weighted by atomic mass is 10.7. The molecule has 0 radical (unpaired) electrons. The van der Waals surface area contributed by atoms with Gasteiger partial charge in [-0.15, -0.1) is 5.10 Å². The van der Waals surface area contributed by atoms with Crippen molar-refractivity contribution in [3.8, 4) is 0 Å². The Labute approximate surface area is 53.0 Å². The summed E-state index contributed by atoms with van der Waals surface area (Å²) < 4.78 is 0. The van der Waals surface area contributed by atoms with Crippen LogP contribution in [0.1, 0.15) is 5.82 Å². The molecular formula is C5H8N4. The highest BCUT2D eigenvalue weighted by Gasteiger charge is 1.92. The van der Waals surface area contributed by atoms with E-state index in [1.54, 1.807) is 0 Å². The number of aryl methyl sites for hydroxylation is 1. The van der Waals surface area contributed by atoms with E-state index >= 15 is 0 Å². The van der Waals surface area contributed by atoms with Crippen LogP contribution in [-0.2, 0) is 0 Å². The van der Waals surface area contributed by atoms with Crippen molar-refractivity contribution in [2.75, 3.05) is 5.32 Å². The molecule has 0 amide bonds. The van der Waals surface area contributed by atoms with Gasteiger partial charge in [0.1, 0.15) is 5.82 Å². The molecule has 0 bridgehead atoms. The van der Waals surface area contributed by atoms with Crippen LogP contribution in [0.2, 0.25) is 0 Å². The molecule has 2 N–H and O–H groups in total. The Morgan fingerprint density at radius 2 is 2.56 bits per heavy atom. The lowest BCUT2D eigenvalue weighted by molar-refractivity contribution is 1.04. The molecule has 1 heterocycles. The van der Waals surface area contributed by atoms with Gasteiger partial charge < -0.3 is 5.32 Å². The van der Waals surface area contributed by atoms with E-state index in [-0.39, 0.29) is 0 Å². The van der Waals surface area contributed by atoms with Gasteiger partial charge >= 0.3 is 0 Å². The van der Waals surface area contributed by atoms with Gasteiger partial charge in [-0.1, -0.05) is 6.58 Å². The summed E-state index contributed by atoms with van der Waals surface area (Å²) in [4.78, 5) is 3.95. The summed E-state index contributed by atoms with van der Waals surface area (Å²) in [5, 5.41) is 9.21. The Hall–Kier alpha value is -1.32. The predicted molar refractivity (Wildman–Crippen MR) is 34.9 cm³/mol. The molecule has 1 aromatic heterocycles. The second-order valence-electron chi connectivity index (χ2n) is 1.59. The molecule has 0 saturated heterocycles. The van der Waals surface area contributed by atoms with E-state index in [2.05, 4.69) is 27.1 Å². The molecule has 0 spiro atoms. The van der Waals surface area contributed by atoms with Crippen LogP contribution in [-0.4, -0.2) is 15.2 Å². The summed E-state index contributed by atoms with van der Waals surface area (Å²) in [7, 11) is 0. The molecule has 0 unspecified atom stereocenters. The lowest BCUT2D eigenvalue weighted by Gasteiger charge is -1.85. The van der Waals surface area contributed by atoms with Crippen molar-refractivity contribution in [2.45, 2.75) is 6.92 Å². The average molecular weight is 124 g/mol. The Bertz CT molecular complexity index is 202. The molecule has 4 nitrogen and oxygen atoms in total. The van der Waals surface area contributed by atoms with E-state index < -0.39 is 0 Å². The molecule has 0 aromatic carbocycles. The summed E-state index contributed by atoms with van der Waals surface area (Å²) in [5.41, 5.74) is 0. The number of aromatic nitrogens is 3. The first-order chi connectivity index (χ1) is 4.33. The summed E-state index contributed by atoms with van der Waals surface area (Å²) in [6.07, 6.45) is 1.53. The van der Waals surface area contributed by atoms with Gasteiger partial charge in [0.2, 0.25) is 5.95 Å². The molecule has 0 saturated carbocycles. The number of anilines is 1. The van der Waals surface area contributed by atoms with E-state index in [0.29, 0.717) is 5.95 Å². The van der Waals surface area contributed by atoms with Gasteiger partial charge in [0.25, 0.3) is 0 Å². The maximum Gasteiger partial charge on any atom is 0.246 e. The second kappa shape index (κ2) is 2.30. The summed E-state index contributed by atoms with van der Waals surface area (Å²) >= 11 is 0. The van der Waals surface area contributed by atoms with Crippen molar-refractivity contribution in [3.05, 3.63) is 18.6 Å². The standard InChI is InChI=1S/C5H8N4/c1-3-6-5-7-4(2)8-9-5/h3H,1H2,2H3,(H2,6,7,8,9). The fourth-order valence-corrected chi connectivity index (χ4v) is 0.499. The molecule has 1 aromatic rings. The molecule has 0 atom stereocenters. The Morgan fingerprint density at radius 1 is 1.78 bits per heavy atom. The zero-order chi connectivity index (χ0) is 6.69. The molecule has 0 aliphatic heterocycles. The average Bonchev–Trinajstić information content (AvgIpc) is 2.17. The number of aromatic amines is 1. The Morgan fingerprint density at radius 3 is 3.00 bits per heavy atom. The zero-order valence-corrected chi connectivity index (χ0v) is 5.18. The van der Waals surface area contributed by atoms with Crippen molar-refractivity contribution in [1.82, 2.24) is 15.2 Å². The minimum Gasteiger partial charge on any atom is -0.330 e. The third-order valence-electron chi connectivity index (χ3n) is 0.828. The van der Waals surface area contributed by atoms with Gasteiger partial charge in [-0.2, -0.15) is 4.98 Å². The summed E-state index contributed by atoms with van der Waals surface area (Å²) in [6.45, 7) is 5.29. The van der Waals surface area contributed by atoms with E-state index in [1.807, 2.05) is 6.92 Å². The normalized spacial score (nSPS) is 9.00. The van der Waals surface area contributed by atoms with Gasteiger partial charge in [0.15, 0.2) is 0 Å². The number of nitrogens with zero attached hydrogens (tertiary/aromatic N) is 2. The van der Waals surface area contributed by atoms with Crippen LogP contribution in [0.3, 0.4) is 0 Å². The first kappa shape index (κ1) is 5.81. The van der Waals surface area contributed by atoms with Crippen LogP contribution < -0.4 is 5.32 Å². The van der Waals surface area contributed by atoms with Crippen molar-refractivity contribution in [1.29, 1.82) is 0 Å². The maximum atomic E-state index is 3.95. The SMILES string of the molecule is C=CNc1n[nH]c(C)n1. The number of nitrogens with one attached hydrogen (secondary N) is 2. The number of hydrogen-bond acceptors (Lipinski definition) is 3. The van der Waals surface area contributed by atoms with Gasteiger partial charge in [-0.3, -0.25) is 5.10 Å². The molecule has 1 rings (SSSR count). The second-order valence-corrected chi connectivity index (χ2v) is 1.59. The maximum absolute atomic E-state index is 3.95. The van der Waals surface area contributed by atoms with E-state index in [1.165, 1.54) is 6.20 Å². The first-order valence-corrected chi connectivity index (χ1v) is 2.59. The van der Waals surface area contributed by atoms with Crippen molar-refractivity contribution in [3.63, 3.8) is 0 Å². The van der Waals surface area contributed by atoms with Crippen LogP contribution in [0.5, 0.6) is 0 Å². The molecular weight excluding hydrogens is 116 g/mol. The largest absolute Gasteiger partial charge is 0.330 e. The summed E-state index contributed by atoms with van der Waals surface area (Å²) in [6, 6.07) is 0. The van der Waals surface area contributed by atoms with Gasteiger partial charge in [-0.05, 0) is 13.1 Å². The molecule has 0 aliphatic rings. The van der Waals surface area contributed by atoms with Crippen LogP contribution >= 0.6 is 0 Å². The van der Waals surface area contributed by atoms with Crippen LogP contribution in [0.4, 0.5) is 5.95 Å². The monoisotopic (exact) mass is 124 g/mol. The molecule has 48 valence electrons. The quantitative estimate of drug-likeness (QED) is 0.609. The molecule has 4 heteroatoms. The fraction of sp³-hybridized carbons (Fsp3) is 0.200. The topological polar surface area (TPSA) is 53.6 Å². The Balaban J connectivity index is 2.72. The van der Waals surface area contributed by atoms with Crippen LogP contribution in [0.25, 0.3) is 0 Å². The van der Waals surface area contributed by atoms with Crippen molar-refractivity contribution >= 4 is 5.95 Å². The van der Waals surface area contributed by atoms with Crippen molar-refractivity contribution in [2.24, 2.45) is 0 Å². The smallest absolute Gasteiger partial charge is 0.246 e. The predicted octanol–water partition coefficient (Wildman–Crippen LogP) is 0.669. The van der Waals surface area contributed by atoms with Crippen molar-refractivity contribution < 1.29 is 0 Å². The number of hydrogen-bond donors (Lipinski definition) is 2. The highest BCUT2D eigenvalue weighted by atomic mass is 15.3. The highest BCUT2D eigenvalue weighted by Crippen LogP contribution is 1.94. The molecule has 0 fully saturated rings. The van der Waals surface area contributed by atoms with Crippen LogP contribution in [0, 0.1) is 6.92 Å². The van der Waals surface area contributed by atoms with E-state index in [0.717, 1.165) is 5.82 Å². The zero-order valence-electron chi connectivity index (χ0n) is 5.18. The number of H-pyrrole nitrogens is 1. The van der Waals surface area contributed by atoms with Gasteiger partial charge in [0.05, 0.1) is 0 Å². The van der Waals surface area contributed by atoms with Crippen LogP contribution in [0.15, 0.2) is 12.8 Å².